The fourth-order valence-electron chi connectivity index (χ4n) is 2.51. The number of benzene rings is 2. The van der Waals surface area contributed by atoms with Crippen LogP contribution in [0.3, 0.4) is 0 Å². The predicted octanol–water partition coefficient (Wildman–Crippen LogP) is 4.39. The topological polar surface area (TPSA) is 12.0 Å². The van der Waals surface area contributed by atoms with Gasteiger partial charge in [-0.2, -0.15) is 0 Å². The van der Waals surface area contributed by atoms with Gasteiger partial charge in [-0.05, 0) is 82.8 Å². The normalized spacial score (nSPS) is 13.4. The molecule has 1 aliphatic rings. The molecule has 18 heavy (non-hydrogen) atoms. The van der Waals surface area contributed by atoms with Gasteiger partial charge in [-0.25, -0.2) is 0 Å². The van der Waals surface area contributed by atoms with Gasteiger partial charge in [0.05, 0.1) is 0 Å². The summed E-state index contributed by atoms with van der Waals surface area (Å²) < 4.78 is 1.27. The minimum atomic E-state index is 0.911. The van der Waals surface area contributed by atoms with E-state index in [1.165, 1.54) is 34.1 Å². The Bertz CT molecular complexity index is 546. The Hall–Kier alpha value is -1.03. The minimum absolute atomic E-state index is 0.911. The Kier molecular flexibility index (Phi) is 3.55. The van der Waals surface area contributed by atoms with E-state index in [9.17, 15) is 0 Å². The van der Waals surface area contributed by atoms with Crippen LogP contribution < -0.4 is 5.32 Å². The van der Waals surface area contributed by atoms with Gasteiger partial charge in [-0.1, -0.05) is 18.2 Å². The molecule has 3 rings (SSSR count). The van der Waals surface area contributed by atoms with E-state index < -0.39 is 0 Å². The fraction of sp³-hybridized carbons (Fsp3) is 0.250. The number of aryl methyl sites for hydroxylation is 2. The van der Waals surface area contributed by atoms with Gasteiger partial charge in [0.25, 0.3) is 0 Å². The molecule has 0 saturated carbocycles. The zero-order valence-corrected chi connectivity index (χ0v) is 12.4. The van der Waals surface area contributed by atoms with E-state index in [-0.39, 0.29) is 0 Å². The average Bonchev–Trinajstić information content (AvgIpc) is 2.85. The van der Waals surface area contributed by atoms with E-state index >= 15 is 0 Å². The van der Waals surface area contributed by atoms with Gasteiger partial charge in [0.2, 0.25) is 0 Å². The highest BCUT2D eigenvalue weighted by Gasteiger charge is 2.10. The molecule has 0 fully saturated rings. The first-order valence-corrected chi connectivity index (χ1v) is 7.49. The second-order valence-corrected chi connectivity index (χ2v) is 6.06. The van der Waals surface area contributed by atoms with Gasteiger partial charge in [-0.3, -0.25) is 0 Å². The molecule has 2 aromatic carbocycles. The Labute approximate surface area is 122 Å². The molecule has 0 aliphatic heterocycles. The maximum atomic E-state index is 3.48. The van der Waals surface area contributed by atoms with Crippen molar-refractivity contribution in [2.45, 2.75) is 25.8 Å². The van der Waals surface area contributed by atoms with Crippen LogP contribution in [0.2, 0.25) is 0 Å². The average molecular weight is 349 g/mol. The third kappa shape index (κ3) is 2.69. The van der Waals surface area contributed by atoms with Crippen LogP contribution in [0.25, 0.3) is 0 Å². The van der Waals surface area contributed by atoms with Crippen molar-refractivity contribution in [3.63, 3.8) is 0 Å². The Morgan fingerprint density at radius 1 is 0.944 bits per heavy atom. The van der Waals surface area contributed by atoms with E-state index in [2.05, 4.69) is 70.4 Å². The van der Waals surface area contributed by atoms with Gasteiger partial charge in [-0.15, -0.1) is 0 Å². The van der Waals surface area contributed by atoms with Crippen LogP contribution in [0.5, 0.6) is 0 Å². The highest BCUT2D eigenvalue weighted by molar-refractivity contribution is 14.1. The molecule has 0 amide bonds. The first-order valence-electron chi connectivity index (χ1n) is 6.41. The lowest BCUT2D eigenvalue weighted by Gasteiger charge is -2.08. The summed E-state index contributed by atoms with van der Waals surface area (Å²) in [5.41, 5.74) is 5.68. The molecule has 2 aromatic rings. The van der Waals surface area contributed by atoms with Crippen molar-refractivity contribution in [2.24, 2.45) is 0 Å². The standard InChI is InChI=1S/C16H16IN/c17-15-6-8-16(9-7-15)18-11-12-4-5-13-2-1-3-14(13)10-12/h4-10,18H,1-3,11H2. The van der Waals surface area contributed by atoms with E-state index in [0.717, 1.165) is 6.54 Å². The van der Waals surface area contributed by atoms with E-state index in [4.69, 9.17) is 0 Å². The maximum absolute atomic E-state index is 3.48. The van der Waals surface area contributed by atoms with Crippen molar-refractivity contribution in [2.75, 3.05) is 5.32 Å². The summed E-state index contributed by atoms with van der Waals surface area (Å²) in [5, 5.41) is 3.48. The second-order valence-electron chi connectivity index (χ2n) is 4.82. The van der Waals surface area contributed by atoms with Crippen molar-refractivity contribution >= 4 is 28.3 Å². The third-order valence-corrected chi connectivity index (χ3v) is 4.22. The Balaban J connectivity index is 1.68. The minimum Gasteiger partial charge on any atom is -0.381 e. The SMILES string of the molecule is Ic1ccc(NCc2ccc3c(c2)CCC3)cc1. The van der Waals surface area contributed by atoms with Crippen LogP contribution in [0.15, 0.2) is 42.5 Å². The van der Waals surface area contributed by atoms with Crippen LogP contribution in [0, 0.1) is 3.57 Å². The first kappa shape index (κ1) is 12.0. The molecule has 1 N–H and O–H groups in total. The fourth-order valence-corrected chi connectivity index (χ4v) is 2.87. The number of fused-ring (bicyclic) bond motifs is 1. The van der Waals surface area contributed by atoms with Crippen LogP contribution >= 0.6 is 22.6 Å². The number of rotatable bonds is 3. The van der Waals surface area contributed by atoms with Crippen LogP contribution in [0.4, 0.5) is 5.69 Å². The monoisotopic (exact) mass is 349 g/mol. The molecule has 92 valence electrons. The van der Waals surface area contributed by atoms with Crippen molar-refractivity contribution in [3.05, 3.63) is 62.7 Å². The first-order chi connectivity index (χ1) is 8.81. The zero-order valence-electron chi connectivity index (χ0n) is 10.2. The van der Waals surface area contributed by atoms with Crippen molar-refractivity contribution in [1.29, 1.82) is 0 Å². The summed E-state index contributed by atoms with van der Waals surface area (Å²) in [6.07, 6.45) is 3.84. The second kappa shape index (κ2) is 5.31. The lowest BCUT2D eigenvalue weighted by Crippen LogP contribution is -2.00. The number of nitrogens with one attached hydrogen (secondary N) is 1. The van der Waals surface area contributed by atoms with Gasteiger partial charge in [0.15, 0.2) is 0 Å². The Morgan fingerprint density at radius 3 is 2.56 bits per heavy atom. The summed E-state index contributed by atoms with van der Waals surface area (Å²) in [7, 11) is 0. The molecule has 0 atom stereocenters. The number of hydrogen-bond donors (Lipinski definition) is 1. The molecule has 0 aromatic heterocycles. The molecule has 1 aliphatic carbocycles. The van der Waals surface area contributed by atoms with Gasteiger partial charge >= 0.3 is 0 Å². The van der Waals surface area contributed by atoms with E-state index in [0.29, 0.717) is 0 Å². The largest absolute Gasteiger partial charge is 0.381 e. The summed E-state index contributed by atoms with van der Waals surface area (Å²) in [6, 6.07) is 15.4. The number of anilines is 1. The predicted molar refractivity (Wildman–Crippen MR) is 85.0 cm³/mol. The third-order valence-electron chi connectivity index (χ3n) is 3.50. The molecule has 0 spiro atoms. The maximum Gasteiger partial charge on any atom is 0.0400 e. The molecular weight excluding hydrogens is 333 g/mol. The quantitative estimate of drug-likeness (QED) is 0.811. The smallest absolute Gasteiger partial charge is 0.0400 e. The van der Waals surface area contributed by atoms with Gasteiger partial charge < -0.3 is 5.32 Å². The molecule has 0 saturated heterocycles. The lowest BCUT2D eigenvalue weighted by molar-refractivity contribution is 0.911. The molecule has 1 nitrogen and oxygen atoms in total. The molecular formula is C16H16IN. The van der Waals surface area contributed by atoms with E-state index in [1.54, 1.807) is 11.1 Å². The summed E-state index contributed by atoms with van der Waals surface area (Å²) in [5.74, 6) is 0. The zero-order chi connectivity index (χ0) is 12.4. The van der Waals surface area contributed by atoms with Crippen LogP contribution in [-0.2, 0) is 19.4 Å². The van der Waals surface area contributed by atoms with Crippen molar-refractivity contribution in [1.82, 2.24) is 0 Å². The van der Waals surface area contributed by atoms with Crippen molar-refractivity contribution < 1.29 is 0 Å². The number of hydrogen-bond acceptors (Lipinski definition) is 1. The highest BCUT2D eigenvalue weighted by Crippen LogP contribution is 2.23. The van der Waals surface area contributed by atoms with E-state index in [1.807, 2.05) is 0 Å². The summed E-state index contributed by atoms with van der Waals surface area (Å²) >= 11 is 2.33. The molecule has 2 heteroatoms. The van der Waals surface area contributed by atoms with Gasteiger partial charge in [0, 0.05) is 15.8 Å². The molecule has 0 unspecified atom stereocenters. The lowest BCUT2D eigenvalue weighted by atomic mass is 10.1. The highest BCUT2D eigenvalue weighted by atomic mass is 127. The molecule has 0 heterocycles. The Morgan fingerprint density at radius 2 is 1.72 bits per heavy atom. The summed E-state index contributed by atoms with van der Waals surface area (Å²) in [6.45, 7) is 0.911. The van der Waals surface area contributed by atoms with Crippen molar-refractivity contribution in [3.8, 4) is 0 Å². The summed E-state index contributed by atoms with van der Waals surface area (Å²) in [4.78, 5) is 0. The van der Waals surface area contributed by atoms with Gasteiger partial charge in [0.1, 0.15) is 0 Å². The molecule has 0 bridgehead atoms. The molecule has 0 radical (unpaired) electrons. The van der Waals surface area contributed by atoms with Crippen LogP contribution in [0.1, 0.15) is 23.1 Å². The number of halogens is 1. The van der Waals surface area contributed by atoms with Crippen LogP contribution in [-0.4, -0.2) is 0 Å².